The van der Waals surface area contributed by atoms with E-state index in [0.29, 0.717) is 16.8 Å². The van der Waals surface area contributed by atoms with E-state index in [9.17, 15) is 8.42 Å². The number of sulfonamides is 1. The monoisotopic (exact) mass is 374 g/mol. The summed E-state index contributed by atoms with van der Waals surface area (Å²) in [5, 5.41) is 8.35. The van der Waals surface area contributed by atoms with E-state index in [-0.39, 0.29) is 30.5 Å². The molecule has 1 aliphatic rings. The number of aryl methyl sites for hydroxylation is 2. The first-order valence-electron chi connectivity index (χ1n) is 8.23. The minimum absolute atomic E-state index is 0.125. The fourth-order valence-corrected chi connectivity index (χ4v) is 4.69. The summed E-state index contributed by atoms with van der Waals surface area (Å²) in [6.07, 6.45) is 1.09. The Morgan fingerprint density at radius 2 is 2.04 bits per heavy atom. The van der Waals surface area contributed by atoms with Gasteiger partial charge in [0.05, 0.1) is 17.0 Å². The molecular weight excluding hydrogens is 356 g/mol. The molecule has 1 fully saturated rings. The third kappa shape index (κ3) is 2.87. The zero-order valence-electron chi connectivity index (χ0n) is 14.4. The Morgan fingerprint density at radius 3 is 2.81 bits per heavy atom. The fourth-order valence-electron chi connectivity index (χ4n) is 3.09. The Bertz CT molecular complexity index is 1060. The average molecular weight is 374 g/mol. The van der Waals surface area contributed by atoms with Crippen molar-refractivity contribution in [2.45, 2.75) is 24.8 Å². The van der Waals surface area contributed by atoms with Gasteiger partial charge in [0, 0.05) is 31.6 Å². The molecule has 9 heteroatoms. The van der Waals surface area contributed by atoms with Crippen LogP contribution in [0.1, 0.15) is 23.4 Å². The van der Waals surface area contributed by atoms with Gasteiger partial charge in [-0.1, -0.05) is 6.07 Å². The lowest BCUT2D eigenvalue weighted by molar-refractivity contribution is -0.0176. The van der Waals surface area contributed by atoms with Gasteiger partial charge in [-0.2, -0.15) is 4.31 Å². The Labute approximate surface area is 150 Å². The lowest BCUT2D eigenvalue weighted by Gasteiger charge is -2.30. The fraction of sp³-hybridized carbons (Fsp3) is 0.353. The highest BCUT2D eigenvalue weighted by Gasteiger charge is 2.34. The maximum absolute atomic E-state index is 13.3. The Morgan fingerprint density at radius 1 is 1.19 bits per heavy atom. The maximum atomic E-state index is 13.3. The number of nitrogens with zero attached hydrogens (tertiary/aromatic N) is 4. The minimum atomic E-state index is -3.72. The molecule has 1 atom stereocenters. The van der Waals surface area contributed by atoms with Gasteiger partial charge in [0.2, 0.25) is 21.8 Å². The summed E-state index contributed by atoms with van der Waals surface area (Å²) in [5.74, 6) is 0.706. The molecule has 0 radical (unpaired) electrons. The number of morpholine rings is 1. The summed E-state index contributed by atoms with van der Waals surface area (Å²) in [5.41, 5.74) is 1.62. The Balaban J connectivity index is 1.72. The zero-order valence-corrected chi connectivity index (χ0v) is 15.2. The molecule has 3 heterocycles. The highest BCUT2D eigenvalue weighted by Crippen LogP contribution is 2.30. The first kappa shape index (κ1) is 17.1. The van der Waals surface area contributed by atoms with Gasteiger partial charge in [0.25, 0.3) is 0 Å². The lowest BCUT2D eigenvalue weighted by atomic mass is 10.1. The van der Waals surface area contributed by atoms with Crippen LogP contribution in [-0.2, 0) is 14.8 Å². The Hall–Kier alpha value is -2.36. The number of hydrogen-bond acceptors (Lipinski definition) is 7. The highest BCUT2D eigenvalue weighted by molar-refractivity contribution is 7.89. The number of aromatic nitrogens is 3. The molecule has 2 aromatic heterocycles. The predicted octanol–water partition coefficient (Wildman–Crippen LogP) is 2.00. The van der Waals surface area contributed by atoms with Crippen LogP contribution in [0, 0.1) is 13.8 Å². The molecule has 0 aliphatic carbocycles. The number of fused-ring (bicyclic) bond motifs is 1. The number of pyridine rings is 1. The van der Waals surface area contributed by atoms with Crippen molar-refractivity contribution >= 4 is 20.9 Å². The molecule has 1 unspecified atom stereocenters. The van der Waals surface area contributed by atoms with Crippen molar-refractivity contribution in [3.05, 3.63) is 47.8 Å². The summed E-state index contributed by atoms with van der Waals surface area (Å²) in [7, 11) is -3.72. The largest absolute Gasteiger partial charge is 0.423 e. The first-order chi connectivity index (χ1) is 12.5. The summed E-state index contributed by atoms with van der Waals surface area (Å²) in [6.45, 7) is 4.24. The topological polar surface area (TPSA) is 98.4 Å². The third-order valence-electron chi connectivity index (χ3n) is 4.40. The summed E-state index contributed by atoms with van der Waals surface area (Å²) in [6, 6.07) is 6.93. The van der Waals surface area contributed by atoms with Crippen LogP contribution in [0.25, 0.3) is 10.9 Å². The van der Waals surface area contributed by atoms with Gasteiger partial charge in [0.1, 0.15) is 6.10 Å². The SMILES string of the molecule is Cc1nnc(C2CN(S(=O)(=O)c3ccc(C)c4ncccc34)CCO2)o1. The van der Waals surface area contributed by atoms with E-state index < -0.39 is 16.1 Å². The number of ether oxygens (including phenoxy) is 1. The molecule has 1 aliphatic heterocycles. The molecule has 0 bridgehead atoms. The van der Waals surface area contributed by atoms with Gasteiger partial charge in [-0.25, -0.2) is 8.42 Å². The van der Waals surface area contributed by atoms with Gasteiger partial charge < -0.3 is 9.15 Å². The quantitative estimate of drug-likeness (QED) is 0.691. The molecular formula is C17H18N4O4S. The smallest absolute Gasteiger partial charge is 0.246 e. The molecule has 0 amide bonds. The highest BCUT2D eigenvalue weighted by atomic mass is 32.2. The van der Waals surface area contributed by atoms with Crippen molar-refractivity contribution in [1.29, 1.82) is 0 Å². The van der Waals surface area contributed by atoms with Gasteiger partial charge >= 0.3 is 0 Å². The molecule has 3 aromatic rings. The second-order valence-corrected chi connectivity index (χ2v) is 8.07. The van der Waals surface area contributed by atoms with Crippen LogP contribution in [0.4, 0.5) is 0 Å². The molecule has 8 nitrogen and oxygen atoms in total. The predicted molar refractivity (Wildman–Crippen MR) is 93.0 cm³/mol. The maximum Gasteiger partial charge on any atom is 0.246 e. The number of hydrogen-bond donors (Lipinski definition) is 0. The average Bonchev–Trinajstić information content (AvgIpc) is 3.09. The second kappa shape index (κ2) is 6.42. The van der Waals surface area contributed by atoms with Crippen LogP contribution in [0.15, 0.2) is 39.8 Å². The molecule has 136 valence electrons. The van der Waals surface area contributed by atoms with Crippen molar-refractivity contribution < 1.29 is 17.6 Å². The van der Waals surface area contributed by atoms with Crippen molar-refractivity contribution in [2.24, 2.45) is 0 Å². The molecule has 0 N–H and O–H groups in total. The number of rotatable bonds is 3. The van der Waals surface area contributed by atoms with Crippen molar-refractivity contribution in [3.63, 3.8) is 0 Å². The van der Waals surface area contributed by atoms with Gasteiger partial charge in [0.15, 0.2) is 0 Å². The van der Waals surface area contributed by atoms with E-state index >= 15 is 0 Å². The molecule has 4 rings (SSSR count). The van der Waals surface area contributed by atoms with Gasteiger partial charge in [-0.05, 0) is 30.7 Å². The standard InChI is InChI=1S/C17H18N4O4S/c1-11-5-6-15(13-4-3-7-18-16(11)13)26(22,23)21-8-9-24-14(10-21)17-20-19-12(2)25-17/h3-7,14H,8-10H2,1-2H3. The molecule has 1 aromatic carbocycles. The minimum Gasteiger partial charge on any atom is -0.423 e. The van der Waals surface area contributed by atoms with Crippen LogP contribution in [0.5, 0.6) is 0 Å². The van der Waals surface area contributed by atoms with E-state index in [2.05, 4.69) is 15.2 Å². The summed E-state index contributed by atoms with van der Waals surface area (Å²) >= 11 is 0. The van der Waals surface area contributed by atoms with Crippen molar-refractivity contribution in [2.75, 3.05) is 19.7 Å². The van der Waals surface area contributed by atoms with Crippen LogP contribution >= 0.6 is 0 Å². The van der Waals surface area contributed by atoms with E-state index in [1.165, 1.54) is 4.31 Å². The van der Waals surface area contributed by atoms with Crippen LogP contribution in [0.3, 0.4) is 0 Å². The van der Waals surface area contributed by atoms with Crippen LogP contribution in [-0.4, -0.2) is 47.6 Å². The summed E-state index contributed by atoms with van der Waals surface area (Å²) < 4.78 is 39.0. The Kier molecular flexibility index (Phi) is 4.22. The third-order valence-corrected chi connectivity index (χ3v) is 6.32. The second-order valence-electron chi connectivity index (χ2n) is 6.16. The van der Waals surface area contributed by atoms with E-state index in [1.54, 1.807) is 37.4 Å². The molecule has 0 saturated carbocycles. The zero-order chi connectivity index (χ0) is 18.3. The molecule has 0 spiro atoms. The molecule has 26 heavy (non-hydrogen) atoms. The molecule has 1 saturated heterocycles. The van der Waals surface area contributed by atoms with Gasteiger partial charge in [-0.15, -0.1) is 10.2 Å². The number of benzene rings is 1. The van der Waals surface area contributed by atoms with Crippen LogP contribution < -0.4 is 0 Å². The van der Waals surface area contributed by atoms with Gasteiger partial charge in [-0.3, -0.25) is 4.98 Å². The van der Waals surface area contributed by atoms with E-state index in [0.717, 1.165) is 5.56 Å². The van der Waals surface area contributed by atoms with E-state index in [1.807, 2.05) is 6.92 Å². The van der Waals surface area contributed by atoms with Crippen molar-refractivity contribution in [1.82, 2.24) is 19.5 Å². The lowest BCUT2D eigenvalue weighted by Crippen LogP contribution is -2.42. The first-order valence-corrected chi connectivity index (χ1v) is 9.67. The summed E-state index contributed by atoms with van der Waals surface area (Å²) in [4.78, 5) is 4.57. The van der Waals surface area contributed by atoms with E-state index in [4.69, 9.17) is 9.15 Å². The van der Waals surface area contributed by atoms with Crippen molar-refractivity contribution in [3.8, 4) is 0 Å². The normalized spacial score (nSPS) is 19.1. The van der Waals surface area contributed by atoms with Crippen LogP contribution in [0.2, 0.25) is 0 Å².